The maximum atomic E-state index is 6.11. The van der Waals surface area contributed by atoms with Crippen LogP contribution in [0.4, 0.5) is 0 Å². The summed E-state index contributed by atoms with van der Waals surface area (Å²) in [4.78, 5) is 0. The SMILES string of the molecule is CC(N)c1cn(C2CCCCC2)c2ccccc12. The van der Waals surface area contributed by atoms with Gasteiger partial charge in [-0.1, -0.05) is 37.5 Å². The van der Waals surface area contributed by atoms with E-state index in [1.54, 1.807) is 0 Å². The summed E-state index contributed by atoms with van der Waals surface area (Å²) in [5.41, 5.74) is 8.76. The molecule has 0 aliphatic heterocycles. The van der Waals surface area contributed by atoms with E-state index in [-0.39, 0.29) is 6.04 Å². The first-order chi connectivity index (χ1) is 8.77. The van der Waals surface area contributed by atoms with E-state index in [1.165, 1.54) is 48.6 Å². The zero-order valence-electron chi connectivity index (χ0n) is 11.1. The Morgan fingerprint density at radius 2 is 1.89 bits per heavy atom. The monoisotopic (exact) mass is 242 g/mol. The van der Waals surface area contributed by atoms with Crippen LogP contribution in [0.15, 0.2) is 30.5 Å². The summed E-state index contributed by atoms with van der Waals surface area (Å²) in [6, 6.07) is 9.46. The molecular formula is C16H22N2. The van der Waals surface area contributed by atoms with Crippen molar-refractivity contribution < 1.29 is 0 Å². The van der Waals surface area contributed by atoms with Crippen molar-refractivity contribution in [2.24, 2.45) is 5.73 Å². The van der Waals surface area contributed by atoms with E-state index in [1.807, 2.05) is 0 Å². The van der Waals surface area contributed by atoms with Gasteiger partial charge in [0.15, 0.2) is 0 Å². The second-order valence-electron chi connectivity index (χ2n) is 5.59. The Bertz CT molecular complexity index is 533. The van der Waals surface area contributed by atoms with Gasteiger partial charge in [0.25, 0.3) is 0 Å². The molecule has 0 radical (unpaired) electrons. The van der Waals surface area contributed by atoms with Gasteiger partial charge in [0.2, 0.25) is 0 Å². The van der Waals surface area contributed by atoms with Crippen LogP contribution in [0.2, 0.25) is 0 Å². The molecule has 1 saturated carbocycles. The lowest BCUT2D eigenvalue weighted by Gasteiger charge is -2.24. The maximum Gasteiger partial charge on any atom is 0.0486 e. The van der Waals surface area contributed by atoms with Crippen LogP contribution in [0, 0.1) is 0 Å². The average molecular weight is 242 g/mol. The highest BCUT2D eigenvalue weighted by atomic mass is 15.0. The fourth-order valence-corrected chi connectivity index (χ4v) is 3.26. The fraction of sp³-hybridized carbons (Fsp3) is 0.500. The van der Waals surface area contributed by atoms with Crippen molar-refractivity contribution in [2.45, 2.75) is 51.1 Å². The summed E-state index contributed by atoms with van der Waals surface area (Å²) in [6.45, 7) is 2.08. The molecule has 1 fully saturated rings. The predicted octanol–water partition coefficient (Wildman–Crippen LogP) is 4.17. The fourth-order valence-electron chi connectivity index (χ4n) is 3.26. The molecule has 96 valence electrons. The van der Waals surface area contributed by atoms with Crippen LogP contribution in [0.1, 0.15) is 56.7 Å². The minimum absolute atomic E-state index is 0.111. The Hall–Kier alpha value is -1.28. The quantitative estimate of drug-likeness (QED) is 0.842. The van der Waals surface area contributed by atoms with Gasteiger partial charge in [0, 0.05) is 29.2 Å². The number of para-hydroxylation sites is 1. The highest BCUT2D eigenvalue weighted by molar-refractivity contribution is 5.84. The molecule has 1 aliphatic rings. The van der Waals surface area contributed by atoms with Crippen molar-refractivity contribution in [1.82, 2.24) is 4.57 Å². The van der Waals surface area contributed by atoms with E-state index in [4.69, 9.17) is 5.73 Å². The van der Waals surface area contributed by atoms with Crippen LogP contribution in [0.5, 0.6) is 0 Å². The second kappa shape index (κ2) is 4.77. The van der Waals surface area contributed by atoms with Crippen molar-refractivity contribution in [3.8, 4) is 0 Å². The van der Waals surface area contributed by atoms with Crippen molar-refractivity contribution in [3.05, 3.63) is 36.0 Å². The Kier molecular flexibility index (Phi) is 3.13. The third-order valence-electron chi connectivity index (χ3n) is 4.23. The van der Waals surface area contributed by atoms with Gasteiger partial charge in [-0.05, 0) is 31.4 Å². The summed E-state index contributed by atoms with van der Waals surface area (Å²) in [5.74, 6) is 0. The molecule has 1 unspecified atom stereocenters. The van der Waals surface area contributed by atoms with Gasteiger partial charge in [-0.15, -0.1) is 0 Å². The van der Waals surface area contributed by atoms with Gasteiger partial charge in [-0.25, -0.2) is 0 Å². The van der Waals surface area contributed by atoms with E-state index < -0.39 is 0 Å². The molecule has 0 saturated heterocycles. The molecule has 0 bridgehead atoms. The lowest BCUT2D eigenvalue weighted by atomic mass is 9.95. The molecule has 0 spiro atoms. The number of nitrogens with zero attached hydrogens (tertiary/aromatic N) is 1. The second-order valence-corrected chi connectivity index (χ2v) is 5.59. The normalized spacial score (nSPS) is 19.2. The predicted molar refractivity (Wildman–Crippen MR) is 76.7 cm³/mol. The smallest absolute Gasteiger partial charge is 0.0486 e. The van der Waals surface area contributed by atoms with Crippen molar-refractivity contribution in [3.63, 3.8) is 0 Å². The number of rotatable bonds is 2. The van der Waals surface area contributed by atoms with Gasteiger partial charge < -0.3 is 10.3 Å². The van der Waals surface area contributed by atoms with E-state index in [2.05, 4.69) is 42.0 Å². The molecule has 3 rings (SSSR count). The molecule has 2 nitrogen and oxygen atoms in total. The Balaban J connectivity index is 2.10. The number of hydrogen-bond donors (Lipinski definition) is 1. The minimum atomic E-state index is 0.111. The van der Waals surface area contributed by atoms with Gasteiger partial charge >= 0.3 is 0 Å². The highest BCUT2D eigenvalue weighted by Gasteiger charge is 2.19. The number of benzene rings is 1. The standard InChI is InChI=1S/C16H22N2/c1-12(17)15-11-18(13-7-3-2-4-8-13)16-10-6-5-9-14(15)16/h5-6,9-13H,2-4,7-8,17H2,1H3. The molecule has 1 aliphatic carbocycles. The molecule has 1 aromatic carbocycles. The van der Waals surface area contributed by atoms with Crippen molar-refractivity contribution in [1.29, 1.82) is 0 Å². The zero-order chi connectivity index (χ0) is 12.5. The summed E-state index contributed by atoms with van der Waals surface area (Å²) in [6.07, 6.45) is 9.06. The van der Waals surface area contributed by atoms with Crippen LogP contribution >= 0.6 is 0 Å². The van der Waals surface area contributed by atoms with Gasteiger partial charge in [0.1, 0.15) is 0 Å². The Morgan fingerprint density at radius 3 is 2.61 bits per heavy atom. The molecule has 0 amide bonds. The van der Waals surface area contributed by atoms with E-state index in [9.17, 15) is 0 Å². The average Bonchev–Trinajstić information content (AvgIpc) is 2.79. The van der Waals surface area contributed by atoms with Crippen molar-refractivity contribution >= 4 is 10.9 Å². The number of nitrogens with two attached hydrogens (primary N) is 1. The van der Waals surface area contributed by atoms with Gasteiger partial charge in [0.05, 0.1) is 0 Å². The third kappa shape index (κ3) is 1.95. The highest BCUT2D eigenvalue weighted by Crippen LogP contribution is 2.34. The van der Waals surface area contributed by atoms with Gasteiger partial charge in [-0.2, -0.15) is 0 Å². The summed E-state index contributed by atoms with van der Waals surface area (Å²) < 4.78 is 2.48. The minimum Gasteiger partial charge on any atom is -0.344 e. The molecule has 2 heteroatoms. The first-order valence-corrected chi connectivity index (χ1v) is 7.12. The molecule has 2 N–H and O–H groups in total. The lowest BCUT2D eigenvalue weighted by molar-refractivity contribution is 0.360. The molecule has 1 aromatic heterocycles. The molecular weight excluding hydrogens is 220 g/mol. The topological polar surface area (TPSA) is 30.9 Å². The maximum absolute atomic E-state index is 6.11. The van der Waals surface area contributed by atoms with Crippen molar-refractivity contribution in [2.75, 3.05) is 0 Å². The first-order valence-electron chi connectivity index (χ1n) is 7.12. The van der Waals surface area contributed by atoms with Crippen LogP contribution in [-0.4, -0.2) is 4.57 Å². The Morgan fingerprint density at radius 1 is 1.17 bits per heavy atom. The summed E-state index contributed by atoms with van der Waals surface area (Å²) in [5, 5.41) is 1.33. The van der Waals surface area contributed by atoms with Crippen LogP contribution in [0.3, 0.4) is 0 Å². The van der Waals surface area contributed by atoms with Crippen LogP contribution in [0.25, 0.3) is 10.9 Å². The Labute approximate surface area is 109 Å². The molecule has 1 atom stereocenters. The number of hydrogen-bond acceptors (Lipinski definition) is 1. The van der Waals surface area contributed by atoms with E-state index >= 15 is 0 Å². The number of aromatic nitrogens is 1. The first kappa shape index (κ1) is 11.8. The lowest BCUT2D eigenvalue weighted by Crippen LogP contribution is -2.12. The largest absolute Gasteiger partial charge is 0.344 e. The van der Waals surface area contributed by atoms with E-state index in [0.717, 1.165) is 0 Å². The molecule has 18 heavy (non-hydrogen) atoms. The van der Waals surface area contributed by atoms with Crippen LogP contribution < -0.4 is 5.73 Å². The van der Waals surface area contributed by atoms with Crippen LogP contribution in [-0.2, 0) is 0 Å². The zero-order valence-corrected chi connectivity index (χ0v) is 11.1. The van der Waals surface area contributed by atoms with Gasteiger partial charge in [-0.3, -0.25) is 0 Å². The molecule has 2 aromatic rings. The number of fused-ring (bicyclic) bond motifs is 1. The van der Waals surface area contributed by atoms with E-state index in [0.29, 0.717) is 6.04 Å². The third-order valence-corrected chi connectivity index (χ3v) is 4.23. The summed E-state index contributed by atoms with van der Waals surface area (Å²) in [7, 11) is 0. The molecule has 1 heterocycles. The summed E-state index contributed by atoms with van der Waals surface area (Å²) >= 11 is 0.